The standard InChI is InChI=1S/C20H24N2O4/c1-6-26-20(25)18-13(3)17(14(4)21-18)16(23)11-22(5)19(24)15-9-7-12(2)8-10-15/h7-10,21H,6,11H2,1-5H3. The topological polar surface area (TPSA) is 79.5 Å². The van der Waals surface area contributed by atoms with Crippen LogP contribution in [0.5, 0.6) is 0 Å². The first kappa shape index (κ1) is 19.4. The number of aryl methyl sites for hydroxylation is 2. The third-order valence-electron chi connectivity index (χ3n) is 4.22. The van der Waals surface area contributed by atoms with Gasteiger partial charge in [0.15, 0.2) is 5.78 Å². The quantitative estimate of drug-likeness (QED) is 0.637. The number of nitrogens with one attached hydrogen (secondary N) is 1. The van der Waals surface area contributed by atoms with Gasteiger partial charge in [-0.05, 0) is 45.4 Å². The summed E-state index contributed by atoms with van der Waals surface area (Å²) < 4.78 is 5.00. The van der Waals surface area contributed by atoms with E-state index in [1.807, 2.05) is 19.1 Å². The molecule has 0 fully saturated rings. The van der Waals surface area contributed by atoms with Crippen molar-refractivity contribution in [1.29, 1.82) is 0 Å². The summed E-state index contributed by atoms with van der Waals surface area (Å²) in [5, 5.41) is 0. The van der Waals surface area contributed by atoms with Crippen molar-refractivity contribution in [2.24, 2.45) is 0 Å². The molecule has 0 bridgehead atoms. The largest absolute Gasteiger partial charge is 0.461 e. The van der Waals surface area contributed by atoms with E-state index in [0.717, 1.165) is 5.56 Å². The van der Waals surface area contributed by atoms with Crippen molar-refractivity contribution >= 4 is 17.7 Å². The van der Waals surface area contributed by atoms with E-state index in [2.05, 4.69) is 4.98 Å². The van der Waals surface area contributed by atoms with E-state index in [1.165, 1.54) is 4.90 Å². The molecule has 6 heteroatoms. The van der Waals surface area contributed by atoms with Crippen molar-refractivity contribution in [3.63, 3.8) is 0 Å². The maximum absolute atomic E-state index is 12.7. The lowest BCUT2D eigenvalue weighted by molar-refractivity contribution is 0.0519. The number of carbonyl (C=O) groups is 3. The molecular formula is C20H24N2O4. The summed E-state index contributed by atoms with van der Waals surface area (Å²) in [4.78, 5) is 41.5. The van der Waals surface area contributed by atoms with Crippen LogP contribution in [0.15, 0.2) is 24.3 Å². The molecule has 1 aromatic heterocycles. The van der Waals surface area contributed by atoms with Gasteiger partial charge in [-0.1, -0.05) is 17.7 Å². The van der Waals surface area contributed by atoms with Crippen molar-refractivity contribution in [3.8, 4) is 0 Å². The van der Waals surface area contributed by atoms with Crippen LogP contribution in [-0.4, -0.2) is 47.7 Å². The molecule has 0 atom stereocenters. The average molecular weight is 356 g/mol. The Labute approximate surface area is 153 Å². The van der Waals surface area contributed by atoms with Gasteiger partial charge in [0, 0.05) is 23.9 Å². The molecule has 1 heterocycles. The second-order valence-corrected chi connectivity index (χ2v) is 6.30. The van der Waals surface area contributed by atoms with Crippen LogP contribution in [0, 0.1) is 20.8 Å². The number of nitrogens with zero attached hydrogens (tertiary/aromatic N) is 1. The summed E-state index contributed by atoms with van der Waals surface area (Å²) in [6.45, 7) is 7.28. The molecule has 2 rings (SSSR count). The molecule has 1 N–H and O–H groups in total. The van der Waals surface area contributed by atoms with E-state index in [4.69, 9.17) is 4.74 Å². The molecule has 0 spiro atoms. The predicted molar refractivity (Wildman–Crippen MR) is 98.7 cm³/mol. The first-order chi connectivity index (χ1) is 12.3. The fourth-order valence-corrected chi connectivity index (χ4v) is 2.86. The molecule has 2 aromatic rings. The van der Waals surface area contributed by atoms with Crippen molar-refractivity contribution in [1.82, 2.24) is 9.88 Å². The summed E-state index contributed by atoms with van der Waals surface area (Å²) in [6, 6.07) is 7.19. The van der Waals surface area contributed by atoms with Crippen LogP contribution in [0.4, 0.5) is 0 Å². The third-order valence-corrected chi connectivity index (χ3v) is 4.22. The van der Waals surface area contributed by atoms with Crippen LogP contribution in [0.3, 0.4) is 0 Å². The number of rotatable bonds is 6. The van der Waals surface area contributed by atoms with Gasteiger partial charge in [-0.25, -0.2) is 4.79 Å². The van der Waals surface area contributed by atoms with Gasteiger partial charge in [-0.15, -0.1) is 0 Å². The number of aromatic nitrogens is 1. The monoisotopic (exact) mass is 356 g/mol. The Balaban J connectivity index is 2.18. The highest BCUT2D eigenvalue weighted by Gasteiger charge is 2.24. The van der Waals surface area contributed by atoms with Gasteiger partial charge in [0.1, 0.15) is 5.69 Å². The SMILES string of the molecule is CCOC(=O)c1[nH]c(C)c(C(=O)CN(C)C(=O)c2ccc(C)cc2)c1C. The number of aromatic amines is 1. The van der Waals surface area contributed by atoms with E-state index in [9.17, 15) is 14.4 Å². The zero-order valence-corrected chi connectivity index (χ0v) is 15.8. The van der Waals surface area contributed by atoms with E-state index in [1.54, 1.807) is 40.0 Å². The molecule has 0 aliphatic rings. The minimum atomic E-state index is -0.490. The Bertz CT molecular complexity index is 834. The van der Waals surface area contributed by atoms with Crippen molar-refractivity contribution in [2.75, 3.05) is 20.2 Å². The number of hydrogen-bond donors (Lipinski definition) is 1. The summed E-state index contributed by atoms with van der Waals surface area (Å²) in [6.07, 6.45) is 0. The fraction of sp³-hybridized carbons (Fsp3) is 0.350. The van der Waals surface area contributed by atoms with Gasteiger partial charge in [0.25, 0.3) is 5.91 Å². The highest BCUT2D eigenvalue weighted by molar-refractivity contribution is 6.05. The molecule has 0 radical (unpaired) electrons. The van der Waals surface area contributed by atoms with Crippen LogP contribution in [0.1, 0.15) is 54.9 Å². The molecule has 0 aliphatic carbocycles. The number of likely N-dealkylation sites (N-methyl/N-ethyl adjacent to an activating group) is 1. The Morgan fingerprint density at radius 2 is 1.69 bits per heavy atom. The Hall–Kier alpha value is -2.89. The number of ketones is 1. The molecule has 26 heavy (non-hydrogen) atoms. The maximum atomic E-state index is 12.7. The van der Waals surface area contributed by atoms with E-state index < -0.39 is 5.97 Å². The van der Waals surface area contributed by atoms with Crippen LogP contribution in [0.25, 0.3) is 0 Å². The summed E-state index contributed by atoms with van der Waals surface area (Å²) >= 11 is 0. The molecular weight excluding hydrogens is 332 g/mol. The van der Waals surface area contributed by atoms with E-state index >= 15 is 0 Å². The fourth-order valence-electron chi connectivity index (χ4n) is 2.86. The maximum Gasteiger partial charge on any atom is 0.355 e. The van der Waals surface area contributed by atoms with Crippen molar-refractivity contribution < 1.29 is 19.1 Å². The predicted octanol–water partition coefficient (Wildman–Crippen LogP) is 3.07. The number of esters is 1. The number of hydrogen-bond acceptors (Lipinski definition) is 4. The number of benzene rings is 1. The second kappa shape index (κ2) is 7.99. The highest BCUT2D eigenvalue weighted by atomic mass is 16.5. The third kappa shape index (κ3) is 4.02. The molecule has 0 unspecified atom stereocenters. The average Bonchev–Trinajstić information content (AvgIpc) is 2.89. The number of carbonyl (C=O) groups excluding carboxylic acids is 3. The zero-order chi connectivity index (χ0) is 19.4. The van der Waals surface area contributed by atoms with Crippen LogP contribution < -0.4 is 0 Å². The lowest BCUT2D eigenvalue weighted by atomic mass is 10.0. The number of H-pyrrole nitrogens is 1. The van der Waals surface area contributed by atoms with Gasteiger partial charge in [0.05, 0.1) is 13.2 Å². The Kier molecular flexibility index (Phi) is 5.97. The number of Topliss-reactive ketones (excluding diaryl/α,β-unsaturated/α-hetero) is 1. The van der Waals surface area contributed by atoms with Gasteiger partial charge >= 0.3 is 5.97 Å². The van der Waals surface area contributed by atoms with E-state index in [0.29, 0.717) is 22.4 Å². The minimum absolute atomic E-state index is 0.0749. The summed E-state index contributed by atoms with van der Waals surface area (Å²) in [5.74, 6) is -0.944. The van der Waals surface area contributed by atoms with Gasteiger partial charge in [0.2, 0.25) is 0 Å². The summed E-state index contributed by atoms with van der Waals surface area (Å²) in [7, 11) is 1.59. The Morgan fingerprint density at radius 3 is 2.27 bits per heavy atom. The molecule has 0 aliphatic heterocycles. The van der Waals surface area contributed by atoms with Crippen LogP contribution >= 0.6 is 0 Å². The first-order valence-corrected chi connectivity index (χ1v) is 8.47. The first-order valence-electron chi connectivity index (χ1n) is 8.47. The highest BCUT2D eigenvalue weighted by Crippen LogP contribution is 2.20. The molecule has 0 saturated carbocycles. The number of ether oxygens (including phenoxy) is 1. The van der Waals surface area contributed by atoms with Gasteiger partial charge < -0.3 is 14.6 Å². The molecule has 138 valence electrons. The lowest BCUT2D eigenvalue weighted by Crippen LogP contribution is -2.32. The summed E-state index contributed by atoms with van der Waals surface area (Å²) in [5.41, 5.74) is 3.43. The normalized spacial score (nSPS) is 10.5. The molecule has 0 saturated heterocycles. The van der Waals surface area contributed by atoms with Gasteiger partial charge in [-0.2, -0.15) is 0 Å². The molecule has 6 nitrogen and oxygen atoms in total. The molecule has 1 amide bonds. The van der Waals surface area contributed by atoms with Crippen LogP contribution in [-0.2, 0) is 4.74 Å². The second-order valence-electron chi connectivity index (χ2n) is 6.30. The molecule has 1 aromatic carbocycles. The van der Waals surface area contributed by atoms with Crippen molar-refractivity contribution in [2.45, 2.75) is 27.7 Å². The lowest BCUT2D eigenvalue weighted by Gasteiger charge is -2.17. The van der Waals surface area contributed by atoms with E-state index in [-0.39, 0.29) is 30.5 Å². The van der Waals surface area contributed by atoms with Gasteiger partial charge in [-0.3, -0.25) is 9.59 Å². The van der Waals surface area contributed by atoms with Crippen LogP contribution in [0.2, 0.25) is 0 Å². The smallest absolute Gasteiger partial charge is 0.355 e. The Morgan fingerprint density at radius 1 is 1.08 bits per heavy atom. The number of amides is 1. The minimum Gasteiger partial charge on any atom is -0.461 e. The zero-order valence-electron chi connectivity index (χ0n) is 15.8. The van der Waals surface area contributed by atoms with Crippen molar-refractivity contribution in [3.05, 3.63) is 57.9 Å².